The molecule has 4 nitrogen and oxygen atoms in total. The number of thioether (sulfide) groups is 1. The van der Waals surface area contributed by atoms with Gasteiger partial charge in [0.05, 0.1) is 0 Å². The number of aliphatic hydroxyl groups is 2. The zero-order valence-corrected chi connectivity index (χ0v) is 13.8. The van der Waals surface area contributed by atoms with E-state index in [1.807, 2.05) is 37.7 Å². The van der Waals surface area contributed by atoms with Crippen molar-refractivity contribution in [2.75, 3.05) is 37.8 Å². The standard InChI is InChI=1S/C16H27NO3S/c1-13-4-5-14(2)16(10-13)20-12-15(19)11-17-6-9-21-8-3-7-18/h4-5,10,15,17-19H,3,6-9,11-12H2,1-2H3. The van der Waals surface area contributed by atoms with E-state index >= 15 is 0 Å². The number of aliphatic hydroxyl groups excluding tert-OH is 2. The van der Waals surface area contributed by atoms with Gasteiger partial charge in [-0.05, 0) is 43.2 Å². The van der Waals surface area contributed by atoms with Crippen LogP contribution in [0.2, 0.25) is 0 Å². The molecule has 0 spiro atoms. The van der Waals surface area contributed by atoms with Crippen LogP contribution in [0.3, 0.4) is 0 Å². The van der Waals surface area contributed by atoms with Crippen LogP contribution in [-0.4, -0.2) is 54.1 Å². The van der Waals surface area contributed by atoms with E-state index in [2.05, 4.69) is 11.4 Å². The summed E-state index contributed by atoms with van der Waals surface area (Å²) >= 11 is 1.81. The molecule has 1 rings (SSSR count). The van der Waals surface area contributed by atoms with Crippen molar-refractivity contribution in [2.24, 2.45) is 0 Å². The molecule has 21 heavy (non-hydrogen) atoms. The molecule has 0 saturated carbocycles. The summed E-state index contributed by atoms with van der Waals surface area (Å²) in [4.78, 5) is 0. The fourth-order valence-corrected chi connectivity index (χ4v) is 2.62. The number of hydrogen-bond donors (Lipinski definition) is 3. The molecule has 0 saturated heterocycles. The van der Waals surface area contributed by atoms with E-state index in [0.717, 1.165) is 41.3 Å². The maximum absolute atomic E-state index is 9.88. The average Bonchev–Trinajstić information content (AvgIpc) is 2.47. The highest BCUT2D eigenvalue weighted by Gasteiger charge is 2.06. The van der Waals surface area contributed by atoms with Gasteiger partial charge in [-0.15, -0.1) is 0 Å². The van der Waals surface area contributed by atoms with Crippen molar-refractivity contribution in [3.05, 3.63) is 29.3 Å². The van der Waals surface area contributed by atoms with Crippen LogP contribution < -0.4 is 10.1 Å². The quantitative estimate of drug-likeness (QED) is 0.543. The van der Waals surface area contributed by atoms with Crippen molar-refractivity contribution >= 4 is 11.8 Å². The third kappa shape index (κ3) is 8.31. The summed E-state index contributed by atoms with van der Waals surface area (Å²) in [5, 5.41) is 21.8. The number of rotatable bonds is 11. The van der Waals surface area contributed by atoms with Gasteiger partial charge in [0.25, 0.3) is 0 Å². The molecule has 3 N–H and O–H groups in total. The van der Waals surface area contributed by atoms with Gasteiger partial charge in [-0.3, -0.25) is 0 Å². The van der Waals surface area contributed by atoms with Crippen LogP contribution in [0.15, 0.2) is 18.2 Å². The van der Waals surface area contributed by atoms with E-state index in [0.29, 0.717) is 13.2 Å². The van der Waals surface area contributed by atoms with Crippen molar-refractivity contribution in [1.29, 1.82) is 0 Å². The Morgan fingerprint density at radius 1 is 1.29 bits per heavy atom. The highest BCUT2D eigenvalue weighted by atomic mass is 32.2. The maximum atomic E-state index is 9.88. The lowest BCUT2D eigenvalue weighted by atomic mass is 10.1. The predicted molar refractivity (Wildman–Crippen MR) is 89.3 cm³/mol. The summed E-state index contributed by atoms with van der Waals surface area (Å²) in [6.07, 6.45) is 0.337. The molecule has 0 radical (unpaired) electrons. The zero-order valence-electron chi connectivity index (χ0n) is 13.0. The molecular weight excluding hydrogens is 286 g/mol. The second kappa shape index (κ2) is 10.9. The molecule has 1 aromatic rings. The lowest BCUT2D eigenvalue weighted by Gasteiger charge is -2.15. The molecule has 0 fully saturated rings. The number of nitrogens with one attached hydrogen (secondary N) is 1. The van der Waals surface area contributed by atoms with E-state index in [1.54, 1.807) is 0 Å². The Morgan fingerprint density at radius 3 is 2.86 bits per heavy atom. The van der Waals surface area contributed by atoms with Gasteiger partial charge in [0.2, 0.25) is 0 Å². The Kier molecular flexibility index (Phi) is 9.50. The lowest BCUT2D eigenvalue weighted by Crippen LogP contribution is -2.32. The van der Waals surface area contributed by atoms with Crippen molar-refractivity contribution in [2.45, 2.75) is 26.4 Å². The van der Waals surface area contributed by atoms with Crippen molar-refractivity contribution in [3.63, 3.8) is 0 Å². The Balaban J connectivity index is 2.11. The van der Waals surface area contributed by atoms with Crippen LogP contribution in [-0.2, 0) is 0 Å². The van der Waals surface area contributed by atoms with Gasteiger partial charge < -0.3 is 20.3 Å². The molecule has 5 heteroatoms. The maximum Gasteiger partial charge on any atom is 0.122 e. The van der Waals surface area contributed by atoms with Crippen LogP contribution in [0.25, 0.3) is 0 Å². The summed E-state index contributed by atoms with van der Waals surface area (Å²) in [7, 11) is 0. The first kappa shape index (κ1) is 18.3. The van der Waals surface area contributed by atoms with Crippen molar-refractivity contribution in [3.8, 4) is 5.75 Å². The molecule has 0 aliphatic carbocycles. The minimum Gasteiger partial charge on any atom is -0.491 e. The first-order valence-corrected chi connectivity index (χ1v) is 8.56. The van der Waals surface area contributed by atoms with Gasteiger partial charge in [0.15, 0.2) is 0 Å². The van der Waals surface area contributed by atoms with Crippen molar-refractivity contribution in [1.82, 2.24) is 5.32 Å². The second-order valence-corrected chi connectivity index (χ2v) is 6.35. The van der Waals surface area contributed by atoms with E-state index < -0.39 is 6.10 Å². The molecule has 120 valence electrons. The molecule has 0 aliphatic heterocycles. The number of aryl methyl sites for hydroxylation is 2. The van der Waals surface area contributed by atoms with Crippen LogP contribution >= 0.6 is 11.8 Å². The van der Waals surface area contributed by atoms with E-state index in [1.165, 1.54) is 0 Å². The first-order valence-electron chi connectivity index (χ1n) is 7.41. The van der Waals surface area contributed by atoms with Crippen LogP contribution in [0, 0.1) is 13.8 Å². The zero-order chi connectivity index (χ0) is 15.5. The molecule has 0 aliphatic rings. The number of ether oxygens (including phenoxy) is 1. The highest BCUT2D eigenvalue weighted by Crippen LogP contribution is 2.19. The molecule has 1 aromatic carbocycles. The summed E-state index contributed by atoms with van der Waals surface area (Å²) in [6, 6.07) is 6.07. The molecule has 0 amide bonds. The largest absolute Gasteiger partial charge is 0.491 e. The predicted octanol–water partition coefficient (Wildman–Crippen LogP) is 1.75. The average molecular weight is 313 g/mol. The second-order valence-electron chi connectivity index (χ2n) is 5.13. The minimum absolute atomic E-state index is 0.259. The fourth-order valence-electron chi connectivity index (χ4n) is 1.79. The summed E-state index contributed by atoms with van der Waals surface area (Å²) < 4.78 is 5.67. The van der Waals surface area contributed by atoms with Crippen molar-refractivity contribution < 1.29 is 14.9 Å². The van der Waals surface area contributed by atoms with Gasteiger partial charge in [-0.1, -0.05) is 12.1 Å². The highest BCUT2D eigenvalue weighted by molar-refractivity contribution is 7.99. The summed E-state index contributed by atoms with van der Waals surface area (Å²) in [6.45, 7) is 5.98. The SMILES string of the molecule is Cc1ccc(C)c(OCC(O)CNCCSCCCO)c1. The van der Waals surface area contributed by atoms with Crippen LogP contribution in [0.4, 0.5) is 0 Å². The Hall–Kier alpha value is -0.750. The van der Waals surface area contributed by atoms with E-state index in [-0.39, 0.29) is 6.61 Å². The topological polar surface area (TPSA) is 61.7 Å². The smallest absolute Gasteiger partial charge is 0.122 e. The fraction of sp³-hybridized carbons (Fsp3) is 0.625. The van der Waals surface area contributed by atoms with E-state index in [9.17, 15) is 5.11 Å². The third-order valence-corrected chi connectivity index (χ3v) is 4.09. The van der Waals surface area contributed by atoms with Gasteiger partial charge in [-0.2, -0.15) is 11.8 Å². The number of benzene rings is 1. The van der Waals surface area contributed by atoms with Gasteiger partial charge in [-0.25, -0.2) is 0 Å². The summed E-state index contributed by atoms with van der Waals surface area (Å²) in [5.74, 6) is 2.81. The molecule has 0 heterocycles. The summed E-state index contributed by atoms with van der Waals surface area (Å²) in [5.41, 5.74) is 2.24. The normalized spacial score (nSPS) is 12.4. The minimum atomic E-state index is -0.507. The molecule has 0 bridgehead atoms. The van der Waals surface area contributed by atoms with E-state index in [4.69, 9.17) is 9.84 Å². The molecule has 0 aromatic heterocycles. The first-order chi connectivity index (χ1) is 10.1. The Morgan fingerprint density at radius 2 is 2.10 bits per heavy atom. The van der Waals surface area contributed by atoms with Gasteiger partial charge in [0.1, 0.15) is 18.5 Å². The third-order valence-electron chi connectivity index (χ3n) is 3.02. The van der Waals surface area contributed by atoms with Crippen LogP contribution in [0.5, 0.6) is 5.75 Å². The molecule has 1 atom stereocenters. The van der Waals surface area contributed by atoms with Gasteiger partial charge in [0, 0.05) is 25.4 Å². The molecular formula is C16H27NO3S. The Labute approximate surface area is 131 Å². The monoisotopic (exact) mass is 313 g/mol. The number of hydrogen-bond acceptors (Lipinski definition) is 5. The van der Waals surface area contributed by atoms with Crippen LogP contribution in [0.1, 0.15) is 17.5 Å². The molecule has 1 unspecified atom stereocenters. The lowest BCUT2D eigenvalue weighted by molar-refractivity contribution is 0.106. The van der Waals surface area contributed by atoms with Gasteiger partial charge >= 0.3 is 0 Å². The Bertz CT molecular complexity index is 401.